The molecule has 5 nitrogen and oxygen atoms in total. The van der Waals surface area contributed by atoms with Crippen LogP contribution < -0.4 is 0 Å². The van der Waals surface area contributed by atoms with Gasteiger partial charge < -0.3 is 4.74 Å². The van der Waals surface area contributed by atoms with E-state index < -0.39 is 10.9 Å². The van der Waals surface area contributed by atoms with E-state index in [0.29, 0.717) is 6.61 Å². The van der Waals surface area contributed by atoms with Gasteiger partial charge in [0.2, 0.25) is 0 Å². The Hall–Kier alpha value is -2.95. The molecule has 0 aliphatic carbocycles. The highest BCUT2D eigenvalue weighted by atomic mass is 16.6. The fourth-order valence-electron chi connectivity index (χ4n) is 1.98. The van der Waals surface area contributed by atoms with Crippen LogP contribution in [-0.4, -0.2) is 17.5 Å². The molecular weight excluding hydrogens is 282 g/mol. The lowest BCUT2D eigenvalue weighted by atomic mass is 10.0. The summed E-state index contributed by atoms with van der Waals surface area (Å²) in [6.07, 6.45) is 3.01. The molecule has 0 fully saturated rings. The van der Waals surface area contributed by atoms with Gasteiger partial charge >= 0.3 is 5.97 Å². The molecule has 0 aromatic heterocycles. The summed E-state index contributed by atoms with van der Waals surface area (Å²) in [5.41, 5.74) is 2.46. The molecule has 22 heavy (non-hydrogen) atoms. The zero-order valence-electron chi connectivity index (χ0n) is 12.1. The molecule has 0 bridgehead atoms. The van der Waals surface area contributed by atoms with Crippen molar-refractivity contribution in [2.24, 2.45) is 0 Å². The minimum absolute atomic E-state index is 0.0463. The van der Waals surface area contributed by atoms with Gasteiger partial charge in [-0.2, -0.15) is 0 Å². The summed E-state index contributed by atoms with van der Waals surface area (Å²) in [5, 5.41) is 10.8. The molecule has 0 saturated carbocycles. The number of nitro benzene ring substituents is 1. The van der Waals surface area contributed by atoms with E-state index in [9.17, 15) is 14.9 Å². The van der Waals surface area contributed by atoms with E-state index >= 15 is 0 Å². The molecule has 0 N–H and O–H groups in total. The zero-order chi connectivity index (χ0) is 15.9. The maximum Gasteiger partial charge on any atom is 0.330 e. The molecule has 0 heterocycles. The monoisotopic (exact) mass is 297 g/mol. The van der Waals surface area contributed by atoms with Crippen molar-refractivity contribution < 1.29 is 14.5 Å². The Bertz CT molecular complexity index is 722. The first-order chi connectivity index (χ1) is 10.6. The second-order valence-corrected chi connectivity index (χ2v) is 4.52. The van der Waals surface area contributed by atoms with Crippen molar-refractivity contribution in [3.8, 4) is 11.1 Å². The van der Waals surface area contributed by atoms with E-state index in [2.05, 4.69) is 0 Å². The lowest BCUT2D eigenvalue weighted by molar-refractivity contribution is -0.384. The van der Waals surface area contributed by atoms with Crippen molar-refractivity contribution in [1.82, 2.24) is 0 Å². The van der Waals surface area contributed by atoms with Gasteiger partial charge in [0.05, 0.1) is 11.5 Å². The van der Waals surface area contributed by atoms with E-state index in [1.807, 2.05) is 24.3 Å². The fourth-order valence-corrected chi connectivity index (χ4v) is 1.98. The fraction of sp³-hybridized carbons (Fsp3) is 0.118. The molecule has 2 rings (SSSR count). The van der Waals surface area contributed by atoms with Crippen LogP contribution in [0.25, 0.3) is 17.2 Å². The molecule has 5 heteroatoms. The Morgan fingerprint density at radius 3 is 2.55 bits per heavy atom. The lowest BCUT2D eigenvalue weighted by Gasteiger charge is -2.03. The first-order valence-electron chi connectivity index (χ1n) is 6.80. The Morgan fingerprint density at radius 2 is 1.86 bits per heavy atom. The number of hydrogen-bond donors (Lipinski definition) is 0. The van der Waals surface area contributed by atoms with Gasteiger partial charge in [0.1, 0.15) is 0 Å². The Morgan fingerprint density at radius 1 is 1.18 bits per heavy atom. The van der Waals surface area contributed by atoms with Crippen LogP contribution in [0.3, 0.4) is 0 Å². The van der Waals surface area contributed by atoms with E-state index in [4.69, 9.17) is 4.74 Å². The summed E-state index contributed by atoms with van der Waals surface area (Å²) >= 11 is 0. The maximum absolute atomic E-state index is 11.3. The van der Waals surface area contributed by atoms with Gasteiger partial charge in [-0.3, -0.25) is 10.1 Å². The molecule has 2 aromatic rings. The predicted molar refractivity (Wildman–Crippen MR) is 84.2 cm³/mol. The van der Waals surface area contributed by atoms with Crippen LogP contribution in [-0.2, 0) is 9.53 Å². The van der Waals surface area contributed by atoms with Crippen LogP contribution in [0, 0.1) is 10.1 Å². The first-order valence-corrected chi connectivity index (χ1v) is 6.80. The number of ether oxygens (including phenoxy) is 1. The highest BCUT2D eigenvalue weighted by molar-refractivity contribution is 5.87. The minimum Gasteiger partial charge on any atom is -0.463 e. The second kappa shape index (κ2) is 7.17. The Balaban J connectivity index is 2.27. The topological polar surface area (TPSA) is 69.4 Å². The van der Waals surface area contributed by atoms with Gasteiger partial charge in [0.25, 0.3) is 5.69 Å². The number of benzene rings is 2. The number of esters is 1. The molecule has 0 spiro atoms. The van der Waals surface area contributed by atoms with Crippen LogP contribution in [0.5, 0.6) is 0 Å². The molecule has 0 amide bonds. The van der Waals surface area contributed by atoms with E-state index in [-0.39, 0.29) is 5.69 Å². The normalized spacial score (nSPS) is 10.6. The van der Waals surface area contributed by atoms with Crippen LogP contribution in [0.1, 0.15) is 12.5 Å². The standard InChI is InChI=1S/C17H15NO4/c1-2-22-17(19)10-9-13-5-3-6-14(11-13)15-7-4-8-16(12-15)18(20)21/h3-12H,2H2,1H3/b10-9+. The van der Waals surface area contributed by atoms with Crippen LogP contribution >= 0.6 is 0 Å². The van der Waals surface area contributed by atoms with Crippen LogP contribution in [0.4, 0.5) is 5.69 Å². The summed E-state index contributed by atoms with van der Waals surface area (Å²) in [6.45, 7) is 2.07. The predicted octanol–water partition coefficient (Wildman–Crippen LogP) is 3.84. The third-order valence-electron chi connectivity index (χ3n) is 2.98. The third kappa shape index (κ3) is 4.02. The molecule has 0 unspecified atom stereocenters. The molecule has 0 saturated heterocycles. The number of rotatable bonds is 5. The van der Waals surface area contributed by atoms with Crippen molar-refractivity contribution in [1.29, 1.82) is 0 Å². The van der Waals surface area contributed by atoms with Crippen molar-refractivity contribution in [3.05, 3.63) is 70.3 Å². The number of carbonyl (C=O) groups excluding carboxylic acids is 1. The van der Waals surface area contributed by atoms with Gasteiger partial charge in [0.15, 0.2) is 0 Å². The molecule has 0 aliphatic heterocycles. The van der Waals surface area contributed by atoms with Crippen molar-refractivity contribution >= 4 is 17.7 Å². The van der Waals surface area contributed by atoms with Crippen molar-refractivity contribution in [2.45, 2.75) is 6.92 Å². The summed E-state index contributed by atoms with van der Waals surface area (Å²) in [4.78, 5) is 21.7. The number of nitro groups is 1. The summed E-state index contributed by atoms with van der Waals surface area (Å²) < 4.78 is 4.82. The minimum atomic E-state index is -0.423. The number of nitrogens with zero attached hydrogens (tertiary/aromatic N) is 1. The van der Waals surface area contributed by atoms with Crippen molar-refractivity contribution in [3.63, 3.8) is 0 Å². The SMILES string of the molecule is CCOC(=O)/C=C/c1cccc(-c2cccc([N+](=O)[O-])c2)c1. The van der Waals surface area contributed by atoms with E-state index in [1.54, 1.807) is 25.1 Å². The summed E-state index contributed by atoms with van der Waals surface area (Å²) in [5.74, 6) is -0.400. The number of carbonyl (C=O) groups is 1. The average molecular weight is 297 g/mol. The second-order valence-electron chi connectivity index (χ2n) is 4.52. The maximum atomic E-state index is 11.3. The molecule has 112 valence electrons. The van der Waals surface area contributed by atoms with Crippen LogP contribution in [0.15, 0.2) is 54.6 Å². The van der Waals surface area contributed by atoms with Gasteiger partial charge in [-0.15, -0.1) is 0 Å². The van der Waals surface area contributed by atoms with Crippen LogP contribution in [0.2, 0.25) is 0 Å². The molecule has 0 radical (unpaired) electrons. The lowest BCUT2D eigenvalue weighted by Crippen LogP contribution is -1.98. The van der Waals surface area contributed by atoms with Gasteiger partial charge in [-0.1, -0.05) is 30.3 Å². The highest BCUT2D eigenvalue weighted by Gasteiger charge is 2.07. The zero-order valence-corrected chi connectivity index (χ0v) is 12.1. The third-order valence-corrected chi connectivity index (χ3v) is 2.98. The van der Waals surface area contributed by atoms with E-state index in [1.165, 1.54) is 18.2 Å². The molecule has 0 aliphatic rings. The summed E-state index contributed by atoms with van der Waals surface area (Å²) in [7, 11) is 0. The summed E-state index contributed by atoms with van der Waals surface area (Å²) in [6, 6.07) is 13.8. The average Bonchev–Trinajstić information content (AvgIpc) is 2.53. The van der Waals surface area contributed by atoms with Gasteiger partial charge in [0, 0.05) is 18.2 Å². The molecular formula is C17H15NO4. The van der Waals surface area contributed by atoms with Gasteiger partial charge in [-0.05, 0) is 35.8 Å². The largest absolute Gasteiger partial charge is 0.463 e. The Kier molecular flexibility index (Phi) is 5.03. The molecule has 2 aromatic carbocycles. The number of hydrogen-bond acceptors (Lipinski definition) is 4. The van der Waals surface area contributed by atoms with Gasteiger partial charge in [-0.25, -0.2) is 4.79 Å². The smallest absolute Gasteiger partial charge is 0.330 e. The van der Waals surface area contributed by atoms with Crippen molar-refractivity contribution in [2.75, 3.05) is 6.61 Å². The Labute approximate surface area is 128 Å². The number of non-ortho nitro benzene ring substituents is 1. The first kappa shape index (κ1) is 15.4. The highest BCUT2D eigenvalue weighted by Crippen LogP contribution is 2.24. The quantitative estimate of drug-likeness (QED) is 0.364. The van der Waals surface area contributed by atoms with E-state index in [0.717, 1.165) is 16.7 Å². The molecule has 0 atom stereocenters.